The van der Waals surface area contributed by atoms with Crippen LogP contribution in [0.4, 0.5) is 0 Å². The largest absolute Gasteiger partial charge is 0.360 e. The molecule has 1 aliphatic rings. The number of hydrogen-bond donors (Lipinski definition) is 1. The molecule has 1 aromatic heterocycles. The van der Waals surface area contributed by atoms with Crippen LogP contribution in [0.3, 0.4) is 0 Å². The van der Waals surface area contributed by atoms with Gasteiger partial charge >= 0.3 is 0 Å². The first-order valence-electron chi connectivity index (χ1n) is 6.69. The molecule has 1 aromatic rings. The molecular weight excluding hydrogens is 226 g/mol. The minimum Gasteiger partial charge on any atom is -0.360 e. The Morgan fingerprint density at radius 3 is 3.00 bits per heavy atom. The van der Waals surface area contributed by atoms with Crippen LogP contribution in [0.25, 0.3) is 0 Å². The Morgan fingerprint density at radius 1 is 1.50 bits per heavy atom. The third-order valence-electron chi connectivity index (χ3n) is 3.20. The van der Waals surface area contributed by atoms with Crippen LogP contribution < -0.4 is 5.32 Å². The molecule has 1 aliphatic heterocycles. The molecule has 2 heterocycles. The Labute approximate surface area is 109 Å². The molecule has 0 unspecified atom stereocenters. The summed E-state index contributed by atoms with van der Waals surface area (Å²) in [6.07, 6.45) is 3.46. The molecule has 0 aliphatic carbocycles. The van der Waals surface area contributed by atoms with Crippen LogP contribution >= 0.6 is 0 Å². The van der Waals surface area contributed by atoms with Gasteiger partial charge < -0.3 is 9.84 Å². The van der Waals surface area contributed by atoms with E-state index in [0.717, 1.165) is 44.1 Å². The molecule has 4 nitrogen and oxygen atoms in total. The smallest absolute Gasteiger partial charge is 0.151 e. The molecule has 0 saturated heterocycles. The summed E-state index contributed by atoms with van der Waals surface area (Å²) in [6, 6.07) is 2.53. The third kappa shape index (κ3) is 3.96. The highest BCUT2D eigenvalue weighted by atomic mass is 16.5. The Kier molecular flexibility index (Phi) is 4.55. The molecule has 0 spiro atoms. The molecule has 0 fully saturated rings. The Morgan fingerprint density at radius 2 is 2.33 bits per heavy atom. The van der Waals surface area contributed by atoms with Crippen LogP contribution in [-0.2, 0) is 13.1 Å². The van der Waals surface area contributed by atoms with Gasteiger partial charge in [0.25, 0.3) is 0 Å². The fourth-order valence-electron chi connectivity index (χ4n) is 2.00. The number of rotatable bonds is 5. The van der Waals surface area contributed by atoms with Gasteiger partial charge in [-0.3, -0.25) is 4.90 Å². The van der Waals surface area contributed by atoms with Crippen LogP contribution in [0.15, 0.2) is 22.2 Å². The first-order valence-corrected chi connectivity index (χ1v) is 6.69. The summed E-state index contributed by atoms with van der Waals surface area (Å²) in [7, 11) is 0. The second kappa shape index (κ2) is 6.16. The van der Waals surface area contributed by atoms with E-state index in [0.29, 0.717) is 6.04 Å². The van der Waals surface area contributed by atoms with E-state index < -0.39 is 0 Å². The summed E-state index contributed by atoms with van der Waals surface area (Å²) in [6.45, 7) is 10.2. The number of nitrogens with zero attached hydrogens (tertiary/aromatic N) is 2. The fourth-order valence-corrected chi connectivity index (χ4v) is 2.00. The standard InChI is InChI=1S/C14H23N3O/c1-11(2)15-9-13-8-14(18-16-13)10-17-6-4-12(3)5-7-17/h4,8,11,15H,5-7,9-10H2,1-3H3. The normalized spacial score (nSPS) is 17.2. The van der Waals surface area contributed by atoms with Crippen LogP contribution in [0, 0.1) is 0 Å². The van der Waals surface area contributed by atoms with E-state index in [1.807, 2.05) is 0 Å². The summed E-state index contributed by atoms with van der Waals surface area (Å²) >= 11 is 0. The van der Waals surface area contributed by atoms with Gasteiger partial charge in [-0.05, 0) is 13.3 Å². The molecular formula is C14H23N3O. The Bertz CT molecular complexity index is 409. The first-order chi connectivity index (χ1) is 8.63. The lowest BCUT2D eigenvalue weighted by atomic mass is 10.1. The van der Waals surface area contributed by atoms with Gasteiger partial charge in [-0.2, -0.15) is 0 Å². The van der Waals surface area contributed by atoms with Crippen molar-refractivity contribution in [3.8, 4) is 0 Å². The Balaban J connectivity index is 1.83. The minimum atomic E-state index is 0.473. The first kappa shape index (κ1) is 13.3. The monoisotopic (exact) mass is 249 g/mol. The second-order valence-electron chi connectivity index (χ2n) is 5.36. The summed E-state index contributed by atoms with van der Waals surface area (Å²) in [5.41, 5.74) is 2.48. The van der Waals surface area contributed by atoms with Gasteiger partial charge in [-0.25, -0.2) is 0 Å². The summed E-state index contributed by atoms with van der Waals surface area (Å²) in [5.74, 6) is 0.962. The van der Waals surface area contributed by atoms with Crippen LogP contribution in [-0.4, -0.2) is 29.2 Å². The predicted molar refractivity (Wildman–Crippen MR) is 72.1 cm³/mol. The fraction of sp³-hybridized carbons (Fsp3) is 0.643. The topological polar surface area (TPSA) is 41.3 Å². The summed E-state index contributed by atoms with van der Waals surface area (Å²) in [4.78, 5) is 2.38. The van der Waals surface area contributed by atoms with Gasteiger partial charge in [0.05, 0.1) is 12.2 Å². The van der Waals surface area contributed by atoms with Crippen molar-refractivity contribution in [2.45, 2.75) is 46.3 Å². The molecule has 1 N–H and O–H groups in total. The van der Waals surface area contributed by atoms with Crippen molar-refractivity contribution in [3.63, 3.8) is 0 Å². The van der Waals surface area contributed by atoms with Crippen molar-refractivity contribution in [2.75, 3.05) is 13.1 Å². The van der Waals surface area contributed by atoms with Crippen molar-refractivity contribution in [1.29, 1.82) is 0 Å². The van der Waals surface area contributed by atoms with Crippen molar-refractivity contribution in [2.24, 2.45) is 0 Å². The van der Waals surface area contributed by atoms with E-state index in [1.165, 1.54) is 5.57 Å². The quantitative estimate of drug-likeness (QED) is 0.813. The molecule has 2 rings (SSSR count). The third-order valence-corrected chi connectivity index (χ3v) is 3.20. The summed E-state index contributed by atoms with van der Waals surface area (Å²) in [5, 5.41) is 7.43. The van der Waals surface area contributed by atoms with E-state index in [-0.39, 0.29) is 0 Å². The van der Waals surface area contributed by atoms with E-state index >= 15 is 0 Å². The lowest BCUT2D eigenvalue weighted by Crippen LogP contribution is -2.27. The molecule has 0 amide bonds. The van der Waals surface area contributed by atoms with E-state index in [2.05, 4.69) is 48.3 Å². The maximum Gasteiger partial charge on any atom is 0.151 e. The van der Waals surface area contributed by atoms with Crippen molar-refractivity contribution in [1.82, 2.24) is 15.4 Å². The number of nitrogens with one attached hydrogen (secondary N) is 1. The summed E-state index contributed by atoms with van der Waals surface area (Å²) < 4.78 is 5.37. The predicted octanol–water partition coefficient (Wildman–Crippen LogP) is 2.32. The van der Waals surface area contributed by atoms with Gasteiger partial charge in [0.15, 0.2) is 5.76 Å². The minimum absolute atomic E-state index is 0.473. The van der Waals surface area contributed by atoms with Gasteiger partial charge in [0.1, 0.15) is 0 Å². The molecule has 0 aromatic carbocycles. The zero-order valence-corrected chi connectivity index (χ0v) is 11.6. The van der Waals surface area contributed by atoms with Gasteiger partial charge in [-0.1, -0.05) is 30.7 Å². The van der Waals surface area contributed by atoms with Gasteiger partial charge in [-0.15, -0.1) is 0 Å². The average molecular weight is 249 g/mol. The number of hydrogen-bond acceptors (Lipinski definition) is 4. The maximum absolute atomic E-state index is 5.37. The molecule has 0 saturated carbocycles. The van der Waals surface area contributed by atoms with Crippen molar-refractivity contribution >= 4 is 0 Å². The maximum atomic E-state index is 5.37. The highest BCUT2D eigenvalue weighted by molar-refractivity contribution is 5.08. The second-order valence-corrected chi connectivity index (χ2v) is 5.36. The van der Waals surface area contributed by atoms with Crippen LogP contribution in [0.1, 0.15) is 38.6 Å². The zero-order chi connectivity index (χ0) is 13.0. The molecule has 100 valence electrons. The van der Waals surface area contributed by atoms with Crippen LogP contribution in [0.2, 0.25) is 0 Å². The zero-order valence-electron chi connectivity index (χ0n) is 11.6. The molecule has 0 bridgehead atoms. The molecule has 0 radical (unpaired) electrons. The highest BCUT2D eigenvalue weighted by Crippen LogP contribution is 2.13. The van der Waals surface area contributed by atoms with E-state index in [1.54, 1.807) is 0 Å². The Hall–Kier alpha value is -1.13. The van der Waals surface area contributed by atoms with E-state index in [9.17, 15) is 0 Å². The average Bonchev–Trinajstić information content (AvgIpc) is 2.77. The van der Waals surface area contributed by atoms with E-state index in [4.69, 9.17) is 4.52 Å². The highest BCUT2D eigenvalue weighted by Gasteiger charge is 2.12. The SMILES string of the molecule is CC1=CCN(Cc2cc(CNC(C)C)no2)CC1. The van der Waals surface area contributed by atoms with Gasteiger partial charge in [0, 0.05) is 31.7 Å². The lowest BCUT2D eigenvalue weighted by Gasteiger charge is -2.23. The number of aromatic nitrogens is 1. The van der Waals surface area contributed by atoms with Crippen molar-refractivity contribution in [3.05, 3.63) is 29.2 Å². The van der Waals surface area contributed by atoms with Gasteiger partial charge in [0.2, 0.25) is 0 Å². The molecule has 0 atom stereocenters. The van der Waals surface area contributed by atoms with Crippen molar-refractivity contribution < 1.29 is 4.52 Å². The lowest BCUT2D eigenvalue weighted by molar-refractivity contribution is 0.245. The molecule has 18 heavy (non-hydrogen) atoms. The van der Waals surface area contributed by atoms with Crippen LogP contribution in [0.5, 0.6) is 0 Å². The molecule has 4 heteroatoms.